The lowest BCUT2D eigenvalue weighted by atomic mass is 10.2. The first-order valence-corrected chi connectivity index (χ1v) is 8.62. The molecule has 0 aromatic carbocycles. The van der Waals surface area contributed by atoms with Crippen molar-refractivity contribution in [3.05, 3.63) is 12.0 Å². The fourth-order valence-corrected chi connectivity index (χ4v) is 3.76. The van der Waals surface area contributed by atoms with E-state index in [1.165, 1.54) is 4.90 Å². The number of ether oxygens (including phenoxy) is 1. The van der Waals surface area contributed by atoms with Gasteiger partial charge >= 0.3 is 6.09 Å². The number of fused-ring (bicyclic) bond motifs is 1. The maximum Gasteiger partial charge on any atom is 0.410 e. The first-order chi connectivity index (χ1) is 10.4. The summed E-state index contributed by atoms with van der Waals surface area (Å²) in [5, 5.41) is 0. The van der Waals surface area contributed by atoms with Gasteiger partial charge < -0.3 is 14.5 Å². The van der Waals surface area contributed by atoms with Gasteiger partial charge in [-0.3, -0.25) is 0 Å². The van der Waals surface area contributed by atoms with Gasteiger partial charge in [-0.1, -0.05) is 0 Å². The zero-order valence-electron chi connectivity index (χ0n) is 13.3. The summed E-state index contributed by atoms with van der Waals surface area (Å²) in [7, 11) is 0. The van der Waals surface area contributed by atoms with Crippen LogP contribution in [-0.4, -0.2) is 58.5 Å². The quantitative estimate of drug-likeness (QED) is 0.790. The molecule has 120 valence electrons. The topological polar surface area (TPSA) is 58.6 Å². The van der Waals surface area contributed by atoms with Gasteiger partial charge in [-0.05, 0) is 20.8 Å². The lowest BCUT2D eigenvalue weighted by Crippen LogP contribution is -2.50. The Kier molecular flexibility index (Phi) is 4.16. The second-order valence-corrected chi connectivity index (χ2v) is 7.63. The maximum atomic E-state index is 12.1. The van der Waals surface area contributed by atoms with E-state index in [1.807, 2.05) is 32.5 Å². The zero-order valence-corrected chi connectivity index (χ0v) is 14.2. The summed E-state index contributed by atoms with van der Waals surface area (Å²) < 4.78 is 5.43. The average molecular weight is 322 g/mol. The minimum atomic E-state index is -0.446. The monoisotopic (exact) mass is 322 g/mol. The van der Waals surface area contributed by atoms with Crippen molar-refractivity contribution in [2.45, 2.75) is 37.7 Å². The van der Waals surface area contributed by atoms with E-state index in [0.717, 1.165) is 36.8 Å². The summed E-state index contributed by atoms with van der Waals surface area (Å²) in [6.07, 6.45) is 2.45. The Morgan fingerprint density at radius 2 is 1.95 bits per heavy atom. The number of hydrogen-bond donors (Lipinski definition) is 0. The molecule has 2 aliphatic heterocycles. The Bertz CT molecular complexity index is 565. The molecule has 0 bridgehead atoms. The fraction of sp³-hybridized carbons (Fsp3) is 0.667. The lowest BCUT2D eigenvalue weighted by Gasteiger charge is -2.36. The van der Waals surface area contributed by atoms with Crippen molar-refractivity contribution in [3.8, 4) is 0 Å². The number of rotatable bonds is 1. The van der Waals surface area contributed by atoms with Gasteiger partial charge in [0.25, 0.3) is 0 Å². The van der Waals surface area contributed by atoms with Crippen LogP contribution in [0.1, 0.15) is 26.5 Å². The average Bonchev–Trinajstić information content (AvgIpc) is 2.94. The normalized spacial score (nSPS) is 18.3. The van der Waals surface area contributed by atoms with Crippen LogP contribution < -0.4 is 4.90 Å². The molecular weight excluding hydrogens is 300 g/mol. The van der Waals surface area contributed by atoms with E-state index in [1.54, 1.807) is 11.2 Å². The number of amides is 1. The summed E-state index contributed by atoms with van der Waals surface area (Å²) in [4.78, 5) is 26.2. The summed E-state index contributed by atoms with van der Waals surface area (Å²) >= 11 is 1.83. The largest absolute Gasteiger partial charge is 0.444 e. The van der Waals surface area contributed by atoms with Gasteiger partial charge in [-0.2, -0.15) is 0 Å². The van der Waals surface area contributed by atoms with Crippen LogP contribution in [0.5, 0.6) is 0 Å². The van der Waals surface area contributed by atoms with E-state index in [2.05, 4.69) is 14.9 Å². The van der Waals surface area contributed by atoms with E-state index in [0.29, 0.717) is 13.1 Å². The van der Waals surface area contributed by atoms with Crippen molar-refractivity contribution in [2.75, 3.05) is 36.8 Å². The van der Waals surface area contributed by atoms with Gasteiger partial charge in [0.05, 0.1) is 10.6 Å². The molecule has 2 aliphatic rings. The van der Waals surface area contributed by atoms with Gasteiger partial charge in [0, 0.05) is 38.4 Å². The molecule has 22 heavy (non-hydrogen) atoms. The number of carbonyl (C=O) groups is 1. The lowest BCUT2D eigenvalue weighted by molar-refractivity contribution is 0.0240. The fourth-order valence-electron chi connectivity index (χ4n) is 2.63. The van der Waals surface area contributed by atoms with Gasteiger partial charge in [-0.25, -0.2) is 14.8 Å². The van der Waals surface area contributed by atoms with Crippen molar-refractivity contribution in [3.63, 3.8) is 0 Å². The Morgan fingerprint density at radius 3 is 2.64 bits per heavy atom. The molecule has 1 amide bonds. The van der Waals surface area contributed by atoms with E-state index in [9.17, 15) is 4.79 Å². The number of aryl methyl sites for hydroxylation is 1. The Hall–Kier alpha value is -1.50. The number of anilines is 1. The van der Waals surface area contributed by atoms with E-state index in [4.69, 9.17) is 4.74 Å². The van der Waals surface area contributed by atoms with Crippen LogP contribution in [0.4, 0.5) is 10.6 Å². The standard InChI is InChI=1S/C15H22N4O2S/c1-15(2,3)21-14(20)19-7-5-18(6-8-19)13-12-11(4-9-22-12)16-10-17-13/h10H,4-9H2,1-3H3. The minimum absolute atomic E-state index is 0.227. The summed E-state index contributed by atoms with van der Waals surface area (Å²) in [5.74, 6) is 2.11. The molecule has 1 fully saturated rings. The smallest absolute Gasteiger partial charge is 0.410 e. The molecule has 0 aliphatic carbocycles. The third-order valence-electron chi connectivity index (χ3n) is 3.67. The van der Waals surface area contributed by atoms with Gasteiger partial charge in [0.15, 0.2) is 0 Å². The number of piperazine rings is 1. The number of thioether (sulfide) groups is 1. The molecular formula is C15H22N4O2S. The second-order valence-electron chi connectivity index (χ2n) is 6.53. The Labute approximate surface area is 135 Å². The number of carbonyl (C=O) groups excluding carboxylic acids is 1. The molecule has 0 unspecified atom stereocenters. The highest BCUT2D eigenvalue weighted by molar-refractivity contribution is 7.99. The van der Waals surface area contributed by atoms with Crippen LogP contribution >= 0.6 is 11.8 Å². The van der Waals surface area contributed by atoms with Crippen molar-refractivity contribution < 1.29 is 9.53 Å². The molecule has 0 radical (unpaired) electrons. The van der Waals surface area contributed by atoms with Crippen LogP contribution in [0.25, 0.3) is 0 Å². The van der Waals surface area contributed by atoms with Gasteiger partial charge in [0.1, 0.15) is 17.7 Å². The highest BCUT2D eigenvalue weighted by Crippen LogP contribution is 2.36. The molecule has 1 aromatic heterocycles. The second kappa shape index (κ2) is 5.95. The number of aromatic nitrogens is 2. The Balaban J connectivity index is 1.63. The molecule has 1 aromatic rings. The van der Waals surface area contributed by atoms with Crippen LogP contribution in [-0.2, 0) is 11.2 Å². The van der Waals surface area contributed by atoms with Crippen LogP contribution in [0.15, 0.2) is 11.2 Å². The first-order valence-electron chi connectivity index (χ1n) is 7.63. The number of nitrogens with zero attached hydrogens (tertiary/aromatic N) is 4. The predicted molar refractivity (Wildman–Crippen MR) is 86.5 cm³/mol. The van der Waals surface area contributed by atoms with Crippen LogP contribution in [0, 0.1) is 0 Å². The van der Waals surface area contributed by atoms with E-state index >= 15 is 0 Å². The molecule has 6 nitrogen and oxygen atoms in total. The molecule has 0 spiro atoms. The zero-order chi connectivity index (χ0) is 15.7. The molecule has 7 heteroatoms. The van der Waals surface area contributed by atoms with E-state index < -0.39 is 5.60 Å². The Morgan fingerprint density at radius 1 is 1.23 bits per heavy atom. The molecule has 0 saturated carbocycles. The third kappa shape index (κ3) is 3.29. The van der Waals surface area contributed by atoms with Crippen molar-refractivity contribution >= 4 is 23.7 Å². The highest BCUT2D eigenvalue weighted by atomic mass is 32.2. The molecule has 3 heterocycles. The molecule has 1 saturated heterocycles. The molecule has 3 rings (SSSR count). The SMILES string of the molecule is CC(C)(C)OC(=O)N1CCN(c2ncnc3c2SCC3)CC1. The summed E-state index contributed by atoms with van der Waals surface area (Å²) in [5.41, 5.74) is 0.711. The third-order valence-corrected chi connectivity index (χ3v) is 4.79. The molecule has 0 atom stereocenters. The highest BCUT2D eigenvalue weighted by Gasteiger charge is 2.28. The van der Waals surface area contributed by atoms with E-state index in [-0.39, 0.29) is 6.09 Å². The van der Waals surface area contributed by atoms with Crippen molar-refractivity contribution in [2.24, 2.45) is 0 Å². The molecule has 0 N–H and O–H groups in total. The first kappa shape index (κ1) is 15.4. The van der Waals surface area contributed by atoms with Crippen molar-refractivity contribution in [1.29, 1.82) is 0 Å². The summed E-state index contributed by atoms with van der Waals surface area (Å²) in [6, 6.07) is 0. The van der Waals surface area contributed by atoms with Gasteiger partial charge in [-0.15, -0.1) is 11.8 Å². The van der Waals surface area contributed by atoms with Crippen LogP contribution in [0.3, 0.4) is 0 Å². The van der Waals surface area contributed by atoms with Crippen LogP contribution in [0.2, 0.25) is 0 Å². The van der Waals surface area contributed by atoms with Crippen molar-refractivity contribution in [1.82, 2.24) is 14.9 Å². The summed E-state index contributed by atoms with van der Waals surface area (Å²) in [6.45, 7) is 8.57. The predicted octanol–water partition coefficient (Wildman–Crippen LogP) is 2.18. The van der Waals surface area contributed by atoms with Gasteiger partial charge in [0.2, 0.25) is 0 Å². The maximum absolute atomic E-state index is 12.1. The number of hydrogen-bond acceptors (Lipinski definition) is 6. The minimum Gasteiger partial charge on any atom is -0.444 e.